The number of carbonyl (C=O) groups excluding carboxylic acids is 4. The number of nitrogens with one attached hydrogen (secondary N) is 2. The third-order valence-electron chi connectivity index (χ3n) is 10.5. The van der Waals surface area contributed by atoms with Crippen molar-refractivity contribution in [2.24, 2.45) is 5.73 Å². The molecule has 7 N–H and O–H groups in total. The minimum Gasteiger partial charge on any atom is -0.480 e. The average Bonchev–Trinajstić information content (AvgIpc) is 4.02. The standard InChI is InChI=1S/C24H20N6O2.C22H17N5O.C7H13NO4.2CH4/c1-26-18-7-9-20(10-8-18)29(2)24(32)17-11-12-30-22(13-17)21(15-27-30)16-3-5-19(6-4-16)28-23(31)14-25;1-24-18-7-9-19(10-8-18)26(2)22(28)16-11-12-27-21(13-16)20(14-25-27)15-3-5-17(23)6-4-15;1-7(2,3)12-6(11)8-4-5(9)10;;/h3-13,15H,14,25H2,2H3,(H,28,31);3-14H,23H2,2H3;4H2,1-3H3,(H,8,11)(H,9,10);2*1H4. The third kappa shape index (κ3) is 14.6. The second-order valence-corrected chi connectivity index (χ2v) is 16.8. The lowest BCUT2D eigenvalue weighted by atomic mass is 10.1. The second kappa shape index (κ2) is 25.3. The Morgan fingerprint density at radius 3 is 1.47 bits per heavy atom. The highest BCUT2D eigenvalue weighted by atomic mass is 16.6. The molecule has 0 bridgehead atoms. The highest BCUT2D eigenvalue weighted by Gasteiger charge is 2.19. The zero-order valence-corrected chi connectivity index (χ0v) is 39.9. The van der Waals surface area contributed by atoms with E-state index in [-0.39, 0.29) is 39.1 Å². The van der Waals surface area contributed by atoms with Gasteiger partial charge in [0, 0.05) is 71.5 Å². The van der Waals surface area contributed by atoms with E-state index in [2.05, 4.69) is 30.5 Å². The summed E-state index contributed by atoms with van der Waals surface area (Å²) in [6.45, 7) is 18.7. The Morgan fingerprint density at radius 1 is 0.676 bits per heavy atom. The number of carbonyl (C=O) groups is 5. The molecule has 4 aromatic heterocycles. The predicted molar refractivity (Wildman–Crippen MR) is 290 cm³/mol. The van der Waals surface area contributed by atoms with E-state index in [1.54, 1.807) is 157 Å². The maximum absolute atomic E-state index is 13.1. The first kappa shape index (κ1) is 56.7. The van der Waals surface area contributed by atoms with Gasteiger partial charge in [-0.15, -0.1) is 0 Å². The third-order valence-corrected chi connectivity index (χ3v) is 10.5. The molecule has 0 aliphatic heterocycles. The van der Waals surface area contributed by atoms with Crippen LogP contribution in [-0.4, -0.2) is 86.9 Å². The van der Waals surface area contributed by atoms with Gasteiger partial charge in [-0.25, -0.2) is 23.5 Å². The first-order valence-corrected chi connectivity index (χ1v) is 22.0. The van der Waals surface area contributed by atoms with Crippen molar-refractivity contribution in [2.45, 2.75) is 41.2 Å². The molecule has 74 heavy (non-hydrogen) atoms. The van der Waals surface area contributed by atoms with E-state index in [0.717, 1.165) is 39.0 Å². The van der Waals surface area contributed by atoms with Crippen LogP contribution in [0.2, 0.25) is 0 Å². The number of benzene rings is 4. The number of carboxylic acids is 1. The molecule has 4 heterocycles. The van der Waals surface area contributed by atoms with E-state index in [9.17, 15) is 24.0 Å². The normalized spacial score (nSPS) is 10.3. The maximum atomic E-state index is 13.1. The molecule has 0 aliphatic carbocycles. The summed E-state index contributed by atoms with van der Waals surface area (Å²) >= 11 is 0. The minimum absolute atomic E-state index is 0. The SMILES string of the molecule is C.C.CC(C)(C)OC(=O)NCC(=O)O.[C-]#[N+]c1ccc(N(C)C(=O)c2ccn3ncc(-c4ccc(N)cc4)c3c2)cc1.[C-]#[N+]c1ccc(N(C)C(=O)c2ccn3ncc(-c4ccc(NC(=O)CN)cc4)c3c2)cc1. The molecule has 0 fully saturated rings. The molecule has 4 amide bonds. The summed E-state index contributed by atoms with van der Waals surface area (Å²) in [5.74, 6) is -1.66. The van der Waals surface area contributed by atoms with Crippen LogP contribution in [0.1, 0.15) is 56.3 Å². The summed E-state index contributed by atoms with van der Waals surface area (Å²) in [6, 6.07) is 35.8. The minimum atomic E-state index is -1.10. The molecule has 0 saturated carbocycles. The van der Waals surface area contributed by atoms with E-state index in [1.807, 2.05) is 42.5 Å². The molecule has 19 heteroatoms. The van der Waals surface area contributed by atoms with Crippen molar-refractivity contribution < 1.29 is 33.8 Å². The van der Waals surface area contributed by atoms with E-state index < -0.39 is 24.2 Å². The van der Waals surface area contributed by atoms with Crippen molar-refractivity contribution in [3.05, 3.63) is 180 Å². The lowest BCUT2D eigenvalue weighted by Gasteiger charge is -2.19. The molecule has 0 spiro atoms. The molecule has 0 unspecified atom stereocenters. The molecule has 8 aromatic rings. The van der Waals surface area contributed by atoms with E-state index in [1.165, 1.54) is 0 Å². The average molecular weight is 999 g/mol. The fourth-order valence-electron chi connectivity index (χ4n) is 6.87. The fraction of sp³-hybridized carbons (Fsp3) is 0.182. The first-order valence-electron chi connectivity index (χ1n) is 22.0. The van der Waals surface area contributed by atoms with Gasteiger partial charge < -0.3 is 41.7 Å². The number of hydrogen-bond acceptors (Lipinski definition) is 10. The highest BCUT2D eigenvalue weighted by molar-refractivity contribution is 6.08. The van der Waals surface area contributed by atoms with Crippen molar-refractivity contribution in [1.82, 2.24) is 24.5 Å². The van der Waals surface area contributed by atoms with Gasteiger partial charge in [-0.2, -0.15) is 10.2 Å². The Labute approximate surface area is 429 Å². The van der Waals surface area contributed by atoms with Gasteiger partial charge in [0.2, 0.25) is 5.91 Å². The zero-order valence-electron chi connectivity index (χ0n) is 39.9. The number of alkyl carbamates (subject to hydrolysis) is 1. The molecule has 19 nitrogen and oxygen atoms in total. The number of anilines is 4. The number of carboxylic acid groups (broad SMARTS) is 1. The van der Waals surface area contributed by atoms with Crippen LogP contribution in [-0.2, 0) is 14.3 Å². The van der Waals surface area contributed by atoms with Gasteiger partial charge in [-0.3, -0.25) is 19.2 Å². The Morgan fingerprint density at radius 2 is 1.09 bits per heavy atom. The molecule has 0 radical (unpaired) electrons. The molecular formula is C55H58N12O7. The summed E-state index contributed by atoms with van der Waals surface area (Å²) in [7, 11) is 3.42. The fourth-order valence-corrected chi connectivity index (χ4v) is 6.87. The molecule has 380 valence electrons. The van der Waals surface area contributed by atoms with Crippen LogP contribution >= 0.6 is 0 Å². The van der Waals surface area contributed by atoms with Gasteiger partial charge in [-0.05, 0) is 105 Å². The number of hydrogen-bond donors (Lipinski definition) is 5. The summed E-state index contributed by atoms with van der Waals surface area (Å²) < 4.78 is 8.23. The van der Waals surface area contributed by atoms with Crippen LogP contribution in [0.4, 0.5) is 38.9 Å². The van der Waals surface area contributed by atoms with Gasteiger partial charge in [-0.1, -0.05) is 63.4 Å². The topological polar surface area (TPSA) is 241 Å². The van der Waals surface area contributed by atoms with Crippen LogP contribution < -0.4 is 31.9 Å². The van der Waals surface area contributed by atoms with Crippen LogP contribution in [0.25, 0.3) is 43.0 Å². The lowest BCUT2D eigenvalue weighted by Crippen LogP contribution is -2.35. The number of nitrogen functional groups attached to an aromatic ring is 1. The van der Waals surface area contributed by atoms with Crippen molar-refractivity contribution in [3.63, 3.8) is 0 Å². The van der Waals surface area contributed by atoms with Crippen LogP contribution in [0, 0.1) is 13.1 Å². The van der Waals surface area contributed by atoms with Gasteiger partial charge in [0.05, 0.1) is 43.1 Å². The number of aliphatic carboxylic acids is 1. The number of rotatable bonds is 10. The molecule has 8 rings (SSSR count). The Kier molecular flexibility index (Phi) is 19.4. The Bertz CT molecular complexity index is 3330. The van der Waals surface area contributed by atoms with Gasteiger partial charge in [0.1, 0.15) is 12.1 Å². The number of amides is 4. The van der Waals surface area contributed by atoms with Crippen LogP contribution in [0.15, 0.2) is 146 Å². The zero-order chi connectivity index (χ0) is 52.1. The largest absolute Gasteiger partial charge is 0.480 e. The number of pyridine rings is 2. The predicted octanol–water partition coefficient (Wildman–Crippen LogP) is 10.0. The summed E-state index contributed by atoms with van der Waals surface area (Å²) in [5.41, 5.74) is 20.7. The second-order valence-electron chi connectivity index (χ2n) is 16.8. The van der Waals surface area contributed by atoms with Crippen molar-refractivity contribution in [1.29, 1.82) is 0 Å². The van der Waals surface area contributed by atoms with Crippen LogP contribution in [0.3, 0.4) is 0 Å². The molecule has 0 atom stereocenters. The van der Waals surface area contributed by atoms with Crippen LogP contribution in [0.5, 0.6) is 0 Å². The highest BCUT2D eigenvalue weighted by Crippen LogP contribution is 2.29. The number of aromatic nitrogens is 4. The van der Waals surface area contributed by atoms with Crippen molar-refractivity contribution in [3.8, 4) is 22.3 Å². The van der Waals surface area contributed by atoms with Gasteiger partial charge in [0.25, 0.3) is 11.8 Å². The summed E-state index contributed by atoms with van der Waals surface area (Å²) in [4.78, 5) is 68.1. The van der Waals surface area contributed by atoms with Crippen molar-refractivity contribution in [2.75, 3.05) is 48.0 Å². The molecule has 0 aliphatic rings. The van der Waals surface area contributed by atoms with Gasteiger partial charge >= 0.3 is 12.1 Å². The first-order chi connectivity index (χ1) is 34.4. The number of nitrogens with two attached hydrogens (primary N) is 2. The molecular weight excluding hydrogens is 941 g/mol. The van der Waals surface area contributed by atoms with E-state index in [4.69, 9.17) is 34.5 Å². The molecule has 4 aromatic carbocycles. The lowest BCUT2D eigenvalue weighted by molar-refractivity contribution is -0.136. The Hall–Kier alpha value is -9.85. The quantitative estimate of drug-likeness (QED) is 0.0638. The Balaban J connectivity index is 0.000000259. The summed E-state index contributed by atoms with van der Waals surface area (Å²) in [6.07, 6.45) is 6.33. The van der Waals surface area contributed by atoms with E-state index >= 15 is 0 Å². The van der Waals surface area contributed by atoms with E-state index in [0.29, 0.717) is 39.6 Å². The number of nitrogens with zero attached hydrogens (tertiary/aromatic N) is 8. The number of ether oxygens (including phenoxy) is 1. The molecule has 0 saturated heterocycles. The summed E-state index contributed by atoms with van der Waals surface area (Å²) in [5, 5.41) is 21.7. The monoisotopic (exact) mass is 998 g/mol. The van der Waals surface area contributed by atoms with Gasteiger partial charge in [0.15, 0.2) is 11.4 Å². The van der Waals surface area contributed by atoms with Crippen molar-refractivity contribution >= 4 is 74.9 Å². The maximum Gasteiger partial charge on any atom is 0.408 e. The smallest absolute Gasteiger partial charge is 0.408 e. The number of fused-ring (bicyclic) bond motifs is 2.